The lowest BCUT2D eigenvalue weighted by atomic mass is 10.1. The molecular formula is C12H21NO2. The van der Waals surface area contributed by atoms with Gasteiger partial charge in [-0.1, -0.05) is 38.3 Å². The van der Waals surface area contributed by atoms with Crippen molar-refractivity contribution in [1.82, 2.24) is 0 Å². The van der Waals surface area contributed by atoms with Crippen LogP contribution in [0, 0.1) is 5.92 Å². The van der Waals surface area contributed by atoms with E-state index in [0.29, 0.717) is 13.0 Å². The topological polar surface area (TPSA) is 52.3 Å². The summed E-state index contributed by atoms with van der Waals surface area (Å²) in [6.07, 6.45) is 8.97. The zero-order valence-corrected chi connectivity index (χ0v) is 9.45. The average molecular weight is 211 g/mol. The normalized spacial score (nSPS) is 24.4. The van der Waals surface area contributed by atoms with Crippen LogP contribution >= 0.6 is 0 Å². The van der Waals surface area contributed by atoms with Crippen molar-refractivity contribution < 1.29 is 9.53 Å². The summed E-state index contributed by atoms with van der Waals surface area (Å²) in [5.74, 6) is -0.220. The molecule has 15 heavy (non-hydrogen) atoms. The van der Waals surface area contributed by atoms with Crippen LogP contribution in [0.2, 0.25) is 0 Å². The lowest BCUT2D eigenvalue weighted by molar-refractivity contribution is -0.147. The highest BCUT2D eigenvalue weighted by Gasteiger charge is 2.23. The van der Waals surface area contributed by atoms with Gasteiger partial charge in [0.05, 0.1) is 12.5 Å². The van der Waals surface area contributed by atoms with Crippen LogP contribution in [0.4, 0.5) is 0 Å². The zero-order valence-electron chi connectivity index (χ0n) is 9.45. The van der Waals surface area contributed by atoms with Crippen LogP contribution in [0.25, 0.3) is 0 Å². The largest absolute Gasteiger partial charge is 0.465 e. The monoisotopic (exact) mass is 211 g/mol. The quantitative estimate of drug-likeness (QED) is 0.415. The standard InChI is InChI=1S/C12H21NO2/c1-2-3-4-5-8-15-12(14)10-6-7-11(13)9-10/h6-7,10-11H,2-5,8-9,13H2,1H3. The number of nitrogens with two attached hydrogens (primary N) is 1. The van der Waals surface area contributed by atoms with Gasteiger partial charge < -0.3 is 10.5 Å². The van der Waals surface area contributed by atoms with Crippen LogP contribution in [-0.2, 0) is 9.53 Å². The van der Waals surface area contributed by atoms with Crippen LogP contribution in [0.1, 0.15) is 39.0 Å². The second kappa shape index (κ2) is 6.62. The Kier molecular flexibility index (Phi) is 5.40. The van der Waals surface area contributed by atoms with Crippen molar-refractivity contribution in [1.29, 1.82) is 0 Å². The van der Waals surface area contributed by atoms with Crippen LogP contribution in [-0.4, -0.2) is 18.6 Å². The molecular weight excluding hydrogens is 190 g/mol. The minimum atomic E-state index is -0.115. The molecule has 0 saturated heterocycles. The fourth-order valence-electron chi connectivity index (χ4n) is 1.71. The molecule has 0 amide bonds. The van der Waals surface area contributed by atoms with Crippen LogP contribution in [0.15, 0.2) is 12.2 Å². The van der Waals surface area contributed by atoms with Crippen molar-refractivity contribution in [2.24, 2.45) is 11.7 Å². The zero-order chi connectivity index (χ0) is 11.1. The molecule has 0 aromatic rings. The molecule has 0 heterocycles. The molecule has 0 spiro atoms. The Bertz CT molecular complexity index is 226. The van der Waals surface area contributed by atoms with E-state index in [2.05, 4.69) is 6.92 Å². The van der Waals surface area contributed by atoms with Gasteiger partial charge in [-0.05, 0) is 12.8 Å². The Labute approximate surface area is 91.7 Å². The first-order valence-electron chi connectivity index (χ1n) is 5.84. The van der Waals surface area contributed by atoms with E-state index in [1.54, 1.807) is 0 Å². The van der Waals surface area contributed by atoms with Gasteiger partial charge in [0.25, 0.3) is 0 Å². The van der Waals surface area contributed by atoms with Crippen molar-refractivity contribution in [3.63, 3.8) is 0 Å². The van der Waals surface area contributed by atoms with Gasteiger partial charge in [-0.25, -0.2) is 0 Å². The van der Waals surface area contributed by atoms with Gasteiger partial charge in [0.15, 0.2) is 0 Å². The Morgan fingerprint density at radius 3 is 2.80 bits per heavy atom. The molecule has 2 unspecified atom stereocenters. The molecule has 0 saturated carbocycles. The summed E-state index contributed by atoms with van der Waals surface area (Å²) in [7, 11) is 0. The molecule has 1 aliphatic carbocycles. The highest BCUT2D eigenvalue weighted by atomic mass is 16.5. The summed E-state index contributed by atoms with van der Waals surface area (Å²) in [5.41, 5.74) is 5.66. The van der Waals surface area contributed by atoms with E-state index in [1.165, 1.54) is 12.8 Å². The lowest BCUT2D eigenvalue weighted by Gasteiger charge is -2.09. The van der Waals surface area contributed by atoms with Crippen LogP contribution < -0.4 is 5.73 Å². The molecule has 2 atom stereocenters. The number of hydrogen-bond donors (Lipinski definition) is 1. The first-order chi connectivity index (χ1) is 7.24. The molecule has 0 fully saturated rings. The Morgan fingerprint density at radius 2 is 2.20 bits per heavy atom. The molecule has 1 aliphatic rings. The Morgan fingerprint density at radius 1 is 1.40 bits per heavy atom. The third-order valence-corrected chi connectivity index (χ3v) is 2.66. The number of ether oxygens (including phenoxy) is 1. The minimum Gasteiger partial charge on any atom is -0.465 e. The van der Waals surface area contributed by atoms with E-state index in [9.17, 15) is 4.79 Å². The summed E-state index contributed by atoms with van der Waals surface area (Å²) in [5, 5.41) is 0. The van der Waals surface area contributed by atoms with Gasteiger partial charge in [-0.2, -0.15) is 0 Å². The SMILES string of the molecule is CCCCCCOC(=O)C1C=CC(N)C1. The van der Waals surface area contributed by atoms with Gasteiger partial charge in [0, 0.05) is 6.04 Å². The average Bonchev–Trinajstić information content (AvgIpc) is 2.64. The number of carbonyl (C=O) groups is 1. The fourth-order valence-corrected chi connectivity index (χ4v) is 1.71. The predicted molar refractivity (Wildman–Crippen MR) is 60.3 cm³/mol. The number of esters is 1. The summed E-state index contributed by atoms with van der Waals surface area (Å²) in [6.45, 7) is 2.72. The molecule has 0 aromatic carbocycles. The van der Waals surface area contributed by atoms with E-state index in [0.717, 1.165) is 12.8 Å². The van der Waals surface area contributed by atoms with Crippen molar-refractivity contribution in [2.45, 2.75) is 45.1 Å². The van der Waals surface area contributed by atoms with Crippen LogP contribution in [0.5, 0.6) is 0 Å². The van der Waals surface area contributed by atoms with E-state index < -0.39 is 0 Å². The second-order valence-electron chi connectivity index (χ2n) is 4.12. The van der Waals surface area contributed by atoms with Gasteiger partial charge >= 0.3 is 5.97 Å². The maximum absolute atomic E-state index is 11.5. The van der Waals surface area contributed by atoms with E-state index in [4.69, 9.17) is 10.5 Å². The highest BCUT2D eigenvalue weighted by Crippen LogP contribution is 2.17. The summed E-state index contributed by atoms with van der Waals surface area (Å²) in [4.78, 5) is 11.5. The maximum Gasteiger partial charge on any atom is 0.312 e. The van der Waals surface area contributed by atoms with Gasteiger partial charge in [-0.3, -0.25) is 4.79 Å². The lowest BCUT2D eigenvalue weighted by Crippen LogP contribution is -2.20. The first-order valence-corrected chi connectivity index (χ1v) is 5.84. The first kappa shape index (κ1) is 12.2. The number of hydrogen-bond acceptors (Lipinski definition) is 3. The van der Waals surface area contributed by atoms with Crippen molar-refractivity contribution >= 4 is 5.97 Å². The van der Waals surface area contributed by atoms with Crippen molar-refractivity contribution in [2.75, 3.05) is 6.61 Å². The Hall–Kier alpha value is -0.830. The Balaban J connectivity index is 2.06. The number of carbonyl (C=O) groups excluding carboxylic acids is 1. The van der Waals surface area contributed by atoms with E-state index in [-0.39, 0.29) is 17.9 Å². The minimum absolute atomic E-state index is 0.0302. The molecule has 3 nitrogen and oxygen atoms in total. The molecule has 86 valence electrons. The van der Waals surface area contributed by atoms with E-state index >= 15 is 0 Å². The fraction of sp³-hybridized carbons (Fsp3) is 0.750. The third kappa shape index (κ3) is 4.47. The van der Waals surface area contributed by atoms with Crippen LogP contribution in [0.3, 0.4) is 0 Å². The number of unbranched alkanes of at least 4 members (excludes halogenated alkanes) is 3. The molecule has 0 aliphatic heterocycles. The summed E-state index contributed by atoms with van der Waals surface area (Å²) >= 11 is 0. The van der Waals surface area contributed by atoms with Crippen molar-refractivity contribution in [3.05, 3.63) is 12.2 Å². The smallest absolute Gasteiger partial charge is 0.312 e. The highest BCUT2D eigenvalue weighted by molar-refractivity contribution is 5.75. The third-order valence-electron chi connectivity index (χ3n) is 2.66. The summed E-state index contributed by atoms with van der Waals surface area (Å²) in [6, 6.07) is 0.0302. The summed E-state index contributed by atoms with van der Waals surface area (Å²) < 4.78 is 5.18. The van der Waals surface area contributed by atoms with Crippen molar-refractivity contribution in [3.8, 4) is 0 Å². The molecule has 1 rings (SSSR count). The second-order valence-corrected chi connectivity index (χ2v) is 4.12. The van der Waals surface area contributed by atoms with Gasteiger partial charge in [0.1, 0.15) is 0 Å². The molecule has 0 radical (unpaired) electrons. The van der Waals surface area contributed by atoms with Gasteiger partial charge in [0.2, 0.25) is 0 Å². The maximum atomic E-state index is 11.5. The molecule has 0 bridgehead atoms. The molecule has 0 aromatic heterocycles. The van der Waals surface area contributed by atoms with E-state index in [1.807, 2.05) is 12.2 Å². The molecule has 2 N–H and O–H groups in total. The van der Waals surface area contributed by atoms with Gasteiger partial charge in [-0.15, -0.1) is 0 Å². The predicted octanol–water partition coefficient (Wildman–Crippen LogP) is 2.01. The molecule has 3 heteroatoms. The number of rotatable bonds is 6.